The molecule has 0 fully saturated rings. The van der Waals surface area contributed by atoms with E-state index < -0.39 is 8.56 Å². The Morgan fingerprint density at radius 2 is 1.67 bits per heavy atom. The van der Waals surface area contributed by atoms with E-state index in [2.05, 4.69) is 30.8 Å². The molecule has 102 valence electrons. The predicted molar refractivity (Wildman–Crippen MR) is 79.6 cm³/mol. The Hall–Kier alpha value is -0.353. The summed E-state index contributed by atoms with van der Waals surface area (Å²) in [6.45, 7) is 7.56. The fourth-order valence-corrected chi connectivity index (χ4v) is 5.49. The summed E-state index contributed by atoms with van der Waals surface area (Å²) in [5.74, 6) is 0.912. The van der Waals surface area contributed by atoms with E-state index in [4.69, 9.17) is 20.5 Å². The van der Waals surface area contributed by atoms with Gasteiger partial charge in [0.2, 0.25) is 0 Å². The summed E-state index contributed by atoms with van der Waals surface area (Å²) in [7, 11) is -2.10. The van der Waals surface area contributed by atoms with Crippen LogP contribution in [0.15, 0.2) is 30.3 Å². The van der Waals surface area contributed by atoms with Gasteiger partial charge >= 0.3 is 8.56 Å². The van der Waals surface area contributed by atoms with E-state index in [0.717, 1.165) is 6.04 Å². The molecule has 1 atom stereocenters. The van der Waals surface area contributed by atoms with Crippen molar-refractivity contribution in [1.29, 1.82) is 0 Å². The number of halogens is 1. The maximum Gasteiger partial charge on any atom is 0.335 e. The Morgan fingerprint density at radius 1 is 1.11 bits per heavy atom. The molecule has 0 aromatic heterocycles. The number of alkyl halides is 1. The molecule has 0 spiro atoms. The maximum absolute atomic E-state index is 6.12. The van der Waals surface area contributed by atoms with Crippen molar-refractivity contribution in [1.82, 2.24) is 0 Å². The van der Waals surface area contributed by atoms with Crippen molar-refractivity contribution < 1.29 is 8.85 Å². The first-order valence-corrected chi connectivity index (χ1v) is 9.59. The van der Waals surface area contributed by atoms with Gasteiger partial charge < -0.3 is 8.85 Å². The van der Waals surface area contributed by atoms with Crippen LogP contribution in [0.1, 0.15) is 25.3 Å². The van der Waals surface area contributed by atoms with E-state index in [1.54, 1.807) is 0 Å². The number of hydrogen-bond acceptors (Lipinski definition) is 2. The van der Waals surface area contributed by atoms with Gasteiger partial charge in [-0.2, -0.15) is 0 Å². The van der Waals surface area contributed by atoms with Crippen molar-refractivity contribution in [3.63, 3.8) is 0 Å². The molecule has 0 heterocycles. The van der Waals surface area contributed by atoms with Crippen LogP contribution in [0.5, 0.6) is 0 Å². The van der Waals surface area contributed by atoms with E-state index >= 15 is 0 Å². The Morgan fingerprint density at radius 3 is 2.11 bits per heavy atom. The minimum atomic E-state index is -2.10. The Bertz CT molecular complexity index is 326. The van der Waals surface area contributed by atoms with Crippen LogP contribution in [0, 0.1) is 0 Å². The van der Waals surface area contributed by atoms with Gasteiger partial charge in [-0.3, -0.25) is 0 Å². The smallest absolute Gasteiger partial charge is 0.335 e. The van der Waals surface area contributed by atoms with Crippen molar-refractivity contribution >= 4 is 20.2 Å². The van der Waals surface area contributed by atoms with E-state index in [9.17, 15) is 0 Å². The van der Waals surface area contributed by atoms with Crippen LogP contribution in [0.3, 0.4) is 0 Å². The Labute approximate surface area is 117 Å². The van der Waals surface area contributed by atoms with Gasteiger partial charge in [-0.1, -0.05) is 30.3 Å². The third kappa shape index (κ3) is 4.73. The molecule has 1 aromatic carbocycles. The molecule has 0 N–H and O–H groups in total. The molecule has 0 aliphatic heterocycles. The van der Waals surface area contributed by atoms with Gasteiger partial charge in [0, 0.05) is 19.1 Å². The van der Waals surface area contributed by atoms with Gasteiger partial charge in [-0.05, 0) is 37.9 Å². The van der Waals surface area contributed by atoms with Crippen LogP contribution >= 0.6 is 11.6 Å². The lowest BCUT2D eigenvalue weighted by Gasteiger charge is -2.29. The minimum absolute atomic E-state index is 0.308. The van der Waals surface area contributed by atoms with Gasteiger partial charge in [-0.25, -0.2) is 0 Å². The summed E-state index contributed by atoms with van der Waals surface area (Å²) >= 11 is 6.12. The molecule has 0 bridgehead atoms. The van der Waals surface area contributed by atoms with Crippen LogP contribution < -0.4 is 0 Å². The van der Waals surface area contributed by atoms with Crippen LogP contribution in [0.2, 0.25) is 12.6 Å². The fourth-order valence-electron chi connectivity index (χ4n) is 2.20. The first kappa shape index (κ1) is 15.7. The zero-order valence-electron chi connectivity index (χ0n) is 11.5. The van der Waals surface area contributed by atoms with Crippen LogP contribution in [-0.4, -0.2) is 27.7 Å². The van der Waals surface area contributed by atoms with E-state index in [1.807, 2.05) is 19.9 Å². The molecule has 2 nitrogen and oxygen atoms in total. The highest BCUT2D eigenvalue weighted by atomic mass is 35.5. The second-order valence-corrected chi connectivity index (χ2v) is 8.03. The zero-order valence-corrected chi connectivity index (χ0v) is 13.2. The standard InChI is InChI=1S/C14H23ClO2Si/c1-4-16-18(3,17-5-2)12-14(11-15)13-9-7-6-8-10-13/h6-10,14H,4-5,11-12H2,1-3H3. The quantitative estimate of drug-likeness (QED) is 0.528. The van der Waals surface area contributed by atoms with Crippen LogP contribution in [0.25, 0.3) is 0 Å². The fraction of sp³-hybridized carbons (Fsp3) is 0.571. The second-order valence-electron chi connectivity index (χ2n) is 4.47. The lowest BCUT2D eigenvalue weighted by Crippen LogP contribution is -2.40. The molecule has 0 aliphatic carbocycles. The normalized spacial score (nSPS) is 13.6. The van der Waals surface area contributed by atoms with E-state index in [1.165, 1.54) is 5.56 Å². The van der Waals surface area contributed by atoms with Gasteiger partial charge in [0.25, 0.3) is 0 Å². The highest BCUT2D eigenvalue weighted by Gasteiger charge is 2.34. The monoisotopic (exact) mass is 286 g/mol. The van der Waals surface area contributed by atoms with E-state index in [-0.39, 0.29) is 0 Å². The molecule has 0 aliphatic rings. The lowest BCUT2D eigenvalue weighted by molar-refractivity contribution is 0.187. The highest BCUT2D eigenvalue weighted by Crippen LogP contribution is 2.29. The average molecular weight is 287 g/mol. The molecule has 1 aromatic rings. The predicted octanol–water partition coefficient (Wildman–Crippen LogP) is 4.15. The van der Waals surface area contributed by atoms with Crippen molar-refractivity contribution in [3.05, 3.63) is 35.9 Å². The van der Waals surface area contributed by atoms with Crippen LogP contribution in [-0.2, 0) is 8.85 Å². The Kier molecular flexibility index (Phi) is 6.93. The lowest BCUT2D eigenvalue weighted by atomic mass is 10.0. The largest absolute Gasteiger partial charge is 0.395 e. The molecule has 18 heavy (non-hydrogen) atoms. The first-order chi connectivity index (χ1) is 8.65. The molecule has 0 amide bonds. The summed E-state index contributed by atoms with van der Waals surface area (Å²) in [5.41, 5.74) is 1.27. The minimum Gasteiger partial charge on any atom is -0.395 e. The molecule has 0 saturated heterocycles. The van der Waals surface area contributed by atoms with E-state index in [0.29, 0.717) is 25.0 Å². The van der Waals surface area contributed by atoms with Gasteiger partial charge in [0.15, 0.2) is 0 Å². The van der Waals surface area contributed by atoms with Crippen molar-refractivity contribution in [3.8, 4) is 0 Å². The molecule has 1 rings (SSSR count). The summed E-state index contributed by atoms with van der Waals surface area (Å²) in [4.78, 5) is 0. The number of hydrogen-bond donors (Lipinski definition) is 0. The Balaban J connectivity index is 2.77. The van der Waals surface area contributed by atoms with Crippen molar-refractivity contribution in [2.45, 2.75) is 32.4 Å². The maximum atomic E-state index is 6.12. The SMILES string of the molecule is CCO[Si](C)(CC(CCl)c1ccccc1)OCC. The third-order valence-electron chi connectivity index (χ3n) is 2.97. The van der Waals surface area contributed by atoms with Crippen molar-refractivity contribution in [2.24, 2.45) is 0 Å². The summed E-state index contributed by atoms with van der Waals surface area (Å²) < 4.78 is 11.8. The zero-order chi connectivity index (χ0) is 13.4. The topological polar surface area (TPSA) is 18.5 Å². The summed E-state index contributed by atoms with van der Waals surface area (Å²) in [6.07, 6.45) is 0. The summed E-state index contributed by atoms with van der Waals surface area (Å²) in [5, 5.41) is 0. The second kappa shape index (κ2) is 7.95. The van der Waals surface area contributed by atoms with Crippen molar-refractivity contribution in [2.75, 3.05) is 19.1 Å². The molecule has 4 heteroatoms. The highest BCUT2D eigenvalue weighted by molar-refractivity contribution is 6.66. The number of benzene rings is 1. The van der Waals surface area contributed by atoms with Gasteiger partial charge in [-0.15, -0.1) is 11.6 Å². The third-order valence-corrected chi connectivity index (χ3v) is 6.38. The summed E-state index contributed by atoms with van der Waals surface area (Å²) in [6, 6.07) is 11.3. The first-order valence-electron chi connectivity index (χ1n) is 6.54. The van der Waals surface area contributed by atoms with Crippen LogP contribution in [0.4, 0.5) is 0 Å². The van der Waals surface area contributed by atoms with Gasteiger partial charge in [0.05, 0.1) is 0 Å². The molecular formula is C14H23ClO2Si. The molecule has 0 saturated carbocycles. The molecule has 1 unspecified atom stereocenters. The molecular weight excluding hydrogens is 264 g/mol. The van der Waals surface area contributed by atoms with Gasteiger partial charge in [0.1, 0.15) is 0 Å². The molecule has 0 radical (unpaired) electrons. The average Bonchev–Trinajstić information content (AvgIpc) is 2.38. The number of rotatable bonds is 8.